The minimum Gasteiger partial charge on any atom is -0.326 e. The number of anilines is 1. The Morgan fingerprint density at radius 1 is 1.16 bits per heavy atom. The lowest BCUT2D eigenvalue weighted by Crippen LogP contribution is -2.21. The molecule has 0 aliphatic carbocycles. The predicted molar refractivity (Wildman–Crippen MR) is 75.1 cm³/mol. The molecule has 1 aromatic heterocycles. The maximum absolute atomic E-state index is 11.8. The summed E-state index contributed by atoms with van der Waals surface area (Å²) in [6.07, 6.45) is 1.96. The fourth-order valence-corrected chi connectivity index (χ4v) is 1.79. The second kappa shape index (κ2) is 6.00. The Morgan fingerprint density at radius 2 is 1.89 bits per heavy atom. The summed E-state index contributed by atoms with van der Waals surface area (Å²) >= 11 is 0. The smallest absolute Gasteiger partial charge is 0.250 e. The van der Waals surface area contributed by atoms with Crippen LogP contribution < -0.4 is 10.9 Å². The third-order valence-electron chi connectivity index (χ3n) is 2.90. The van der Waals surface area contributed by atoms with Crippen molar-refractivity contribution in [1.82, 2.24) is 4.57 Å². The van der Waals surface area contributed by atoms with E-state index in [0.29, 0.717) is 6.54 Å². The molecule has 1 N–H and O–H groups in total. The molecule has 0 saturated carbocycles. The number of nitrogens with zero attached hydrogens (tertiary/aromatic N) is 1. The van der Waals surface area contributed by atoms with Gasteiger partial charge in [-0.05, 0) is 24.6 Å². The van der Waals surface area contributed by atoms with Gasteiger partial charge in [0.25, 0.3) is 5.56 Å². The van der Waals surface area contributed by atoms with E-state index in [1.807, 2.05) is 31.2 Å². The quantitative estimate of drug-likeness (QED) is 0.911. The molecule has 1 heterocycles. The topological polar surface area (TPSA) is 51.1 Å². The molecule has 2 rings (SSSR count). The Morgan fingerprint density at radius 3 is 2.63 bits per heavy atom. The van der Waals surface area contributed by atoms with Crippen molar-refractivity contribution >= 4 is 11.6 Å². The van der Waals surface area contributed by atoms with E-state index in [1.54, 1.807) is 18.3 Å². The summed E-state index contributed by atoms with van der Waals surface area (Å²) < 4.78 is 1.53. The summed E-state index contributed by atoms with van der Waals surface area (Å²) in [5, 5.41) is 2.85. The van der Waals surface area contributed by atoms with Crippen LogP contribution >= 0.6 is 0 Å². The molecule has 4 heteroatoms. The Balaban J connectivity index is 1.94. The summed E-state index contributed by atoms with van der Waals surface area (Å²) in [7, 11) is 0. The molecule has 0 radical (unpaired) electrons. The molecule has 0 aliphatic heterocycles. The number of carbonyl (C=O) groups excluding carboxylic acids is 1. The zero-order valence-corrected chi connectivity index (χ0v) is 10.8. The minimum atomic E-state index is -0.0925. The van der Waals surface area contributed by atoms with Crippen molar-refractivity contribution in [3.63, 3.8) is 0 Å². The predicted octanol–water partition coefficient (Wildman–Crippen LogP) is 2.19. The molecular formula is C15H16N2O2. The van der Waals surface area contributed by atoms with Gasteiger partial charge in [0.05, 0.1) is 0 Å². The highest BCUT2D eigenvalue weighted by Crippen LogP contribution is 2.13. The Bertz CT molecular complexity index is 632. The van der Waals surface area contributed by atoms with Crippen LogP contribution in [-0.4, -0.2) is 10.5 Å². The van der Waals surface area contributed by atoms with Gasteiger partial charge in [-0.1, -0.05) is 24.3 Å². The largest absolute Gasteiger partial charge is 0.326 e. The van der Waals surface area contributed by atoms with Gasteiger partial charge in [0.1, 0.15) is 0 Å². The van der Waals surface area contributed by atoms with Gasteiger partial charge in [-0.2, -0.15) is 0 Å². The summed E-state index contributed by atoms with van der Waals surface area (Å²) in [6.45, 7) is 2.33. The summed E-state index contributed by atoms with van der Waals surface area (Å²) in [6, 6.07) is 12.6. The van der Waals surface area contributed by atoms with E-state index in [-0.39, 0.29) is 17.9 Å². The van der Waals surface area contributed by atoms with Crippen molar-refractivity contribution in [2.75, 3.05) is 5.32 Å². The van der Waals surface area contributed by atoms with Gasteiger partial charge in [-0.25, -0.2) is 0 Å². The van der Waals surface area contributed by atoms with Gasteiger partial charge < -0.3 is 9.88 Å². The van der Waals surface area contributed by atoms with Crippen LogP contribution in [0.5, 0.6) is 0 Å². The number of carbonyl (C=O) groups is 1. The van der Waals surface area contributed by atoms with Gasteiger partial charge in [0, 0.05) is 30.9 Å². The molecule has 1 aromatic carbocycles. The van der Waals surface area contributed by atoms with Crippen molar-refractivity contribution in [2.24, 2.45) is 0 Å². The molecule has 98 valence electrons. The number of benzene rings is 1. The van der Waals surface area contributed by atoms with E-state index in [2.05, 4.69) is 5.32 Å². The Kier molecular flexibility index (Phi) is 4.13. The molecule has 0 spiro atoms. The maximum Gasteiger partial charge on any atom is 0.250 e. The van der Waals surface area contributed by atoms with Crippen molar-refractivity contribution in [3.8, 4) is 0 Å². The number of aryl methyl sites for hydroxylation is 2. The molecule has 4 nitrogen and oxygen atoms in total. The molecule has 19 heavy (non-hydrogen) atoms. The lowest BCUT2D eigenvalue weighted by Gasteiger charge is -2.08. The Labute approximate surface area is 111 Å². The average Bonchev–Trinajstić information content (AvgIpc) is 2.40. The molecule has 0 fully saturated rings. The number of hydrogen-bond acceptors (Lipinski definition) is 2. The van der Waals surface area contributed by atoms with E-state index in [1.165, 1.54) is 10.6 Å². The molecule has 1 amide bonds. The molecule has 0 saturated heterocycles. The number of amides is 1. The molecule has 0 aliphatic rings. The molecular weight excluding hydrogens is 240 g/mol. The van der Waals surface area contributed by atoms with E-state index >= 15 is 0 Å². The second-order valence-corrected chi connectivity index (χ2v) is 4.35. The first kappa shape index (κ1) is 13.1. The average molecular weight is 256 g/mol. The van der Waals surface area contributed by atoms with Crippen LogP contribution in [0.4, 0.5) is 5.69 Å². The standard InChI is InChI=1S/C15H16N2O2/c1-12-6-2-3-7-13(12)16-14(18)9-11-17-10-5-4-8-15(17)19/h2-8,10H,9,11H2,1H3,(H,16,18). The van der Waals surface area contributed by atoms with E-state index < -0.39 is 0 Å². The fraction of sp³-hybridized carbons (Fsp3) is 0.200. The third kappa shape index (κ3) is 3.55. The number of pyridine rings is 1. The number of hydrogen-bond donors (Lipinski definition) is 1. The maximum atomic E-state index is 11.8. The van der Waals surface area contributed by atoms with Crippen LogP contribution in [-0.2, 0) is 11.3 Å². The monoisotopic (exact) mass is 256 g/mol. The zero-order valence-electron chi connectivity index (χ0n) is 10.8. The van der Waals surface area contributed by atoms with Crippen molar-refractivity contribution < 1.29 is 4.79 Å². The van der Waals surface area contributed by atoms with Crippen LogP contribution in [0.15, 0.2) is 53.5 Å². The van der Waals surface area contributed by atoms with Gasteiger partial charge in [-0.15, -0.1) is 0 Å². The summed E-state index contributed by atoms with van der Waals surface area (Å²) in [4.78, 5) is 23.3. The fourth-order valence-electron chi connectivity index (χ4n) is 1.79. The van der Waals surface area contributed by atoms with Crippen LogP contribution in [0.25, 0.3) is 0 Å². The molecule has 2 aromatic rings. The number of nitrogens with one attached hydrogen (secondary N) is 1. The normalized spacial score (nSPS) is 10.2. The van der Waals surface area contributed by atoms with Crippen LogP contribution in [0, 0.1) is 6.92 Å². The molecule has 0 bridgehead atoms. The highest BCUT2D eigenvalue weighted by Gasteiger charge is 2.04. The van der Waals surface area contributed by atoms with Gasteiger partial charge in [-0.3, -0.25) is 9.59 Å². The molecule has 0 atom stereocenters. The summed E-state index contributed by atoms with van der Waals surface area (Å²) in [5.74, 6) is -0.0925. The lowest BCUT2D eigenvalue weighted by molar-refractivity contribution is -0.116. The highest BCUT2D eigenvalue weighted by atomic mass is 16.1. The number of para-hydroxylation sites is 1. The first-order valence-electron chi connectivity index (χ1n) is 6.18. The van der Waals surface area contributed by atoms with Crippen molar-refractivity contribution in [1.29, 1.82) is 0 Å². The minimum absolute atomic E-state index is 0.0915. The molecule has 0 unspecified atom stereocenters. The van der Waals surface area contributed by atoms with Crippen molar-refractivity contribution in [3.05, 3.63) is 64.6 Å². The van der Waals surface area contributed by atoms with Gasteiger partial charge in [0.2, 0.25) is 5.91 Å². The van der Waals surface area contributed by atoms with E-state index in [4.69, 9.17) is 0 Å². The van der Waals surface area contributed by atoms with Crippen LogP contribution in [0.2, 0.25) is 0 Å². The summed E-state index contributed by atoms with van der Waals surface area (Å²) in [5.41, 5.74) is 1.74. The highest BCUT2D eigenvalue weighted by molar-refractivity contribution is 5.91. The zero-order chi connectivity index (χ0) is 13.7. The number of aromatic nitrogens is 1. The first-order chi connectivity index (χ1) is 9.16. The first-order valence-corrected chi connectivity index (χ1v) is 6.18. The SMILES string of the molecule is Cc1ccccc1NC(=O)CCn1ccccc1=O. The number of rotatable bonds is 4. The van der Waals surface area contributed by atoms with Crippen molar-refractivity contribution in [2.45, 2.75) is 19.9 Å². The van der Waals surface area contributed by atoms with E-state index in [9.17, 15) is 9.59 Å². The van der Waals surface area contributed by atoms with Crippen LogP contribution in [0.1, 0.15) is 12.0 Å². The third-order valence-corrected chi connectivity index (χ3v) is 2.90. The lowest BCUT2D eigenvalue weighted by atomic mass is 10.2. The Hall–Kier alpha value is -2.36. The van der Waals surface area contributed by atoms with Gasteiger partial charge in [0.15, 0.2) is 0 Å². The van der Waals surface area contributed by atoms with Crippen LogP contribution in [0.3, 0.4) is 0 Å². The second-order valence-electron chi connectivity index (χ2n) is 4.35. The van der Waals surface area contributed by atoms with Gasteiger partial charge >= 0.3 is 0 Å². The van der Waals surface area contributed by atoms with E-state index in [0.717, 1.165) is 11.3 Å².